The van der Waals surface area contributed by atoms with E-state index in [4.69, 9.17) is 11.6 Å². The predicted molar refractivity (Wildman–Crippen MR) is 95.5 cm³/mol. The maximum absolute atomic E-state index is 12.8. The minimum atomic E-state index is -3.88. The Morgan fingerprint density at radius 1 is 1.00 bits per heavy atom. The summed E-state index contributed by atoms with van der Waals surface area (Å²) in [6, 6.07) is 13.2. The number of nitro benzene ring substituents is 1. The number of piperazine rings is 1. The fourth-order valence-electron chi connectivity index (χ4n) is 2.77. The van der Waals surface area contributed by atoms with Crippen molar-refractivity contribution in [2.45, 2.75) is 4.90 Å². The SMILES string of the molecule is O=[N+]([O-])c1ccc(Cl)c(S(=O)(=O)N2CCN(c3ccccc3)CC2)c1. The molecule has 132 valence electrons. The van der Waals surface area contributed by atoms with Gasteiger partial charge in [0.1, 0.15) is 4.90 Å². The molecule has 1 aliphatic rings. The number of nitrogens with zero attached hydrogens (tertiary/aromatic N) is 3. The van der Waals surface area contributed by atoms with Crippen LogP contribution in [-0.4, -0.2) is 43.8 Å². The quantitative estimate of drug-likeness (QED) is 0.600. The normalized spacial score (nSPS) is 16.0. The molecular weight excluding hydrogens is 366 g/mol. The zero-order valence-electron chi connectivity index (χ0n) is 13.2. The summed E-state index contributed by atoms with van der Waals surface area (Å²) < 4.78 is 27.0. The molecule has 7 nitrogen and oxygen atoms in total. The number of non-ortho nitro benzene ring substituents is 1. The fourth-order valence-corrected chi connectivity index (χ4v) is 4.68. The van der Waals surface area contributed by atoms with Crippen LogP contribution in [0.4, 0.5) is 11.4 Å². The second kappa shape index (κ2) is 6.99. The van der Waals surface area contributed by atoms with Crippen LogP contribution in [0.5, 0.6) is 0 Å². The Labute approximate surface area is 150 Å². The Balaban J connectivity index is 1.81. The maximum Gasteiger partial charge on any atom is 0.270 e. The summed E-state index contributed by atoms with van der Waals surface area (Å²) in [6.07, 6.45) is 0. The number of rotatable bonds is 4. The number of hydrogen-bond donors (Lipinski definition) is 0. The molecule has 0 amide bonds. The van der Waals surface area contributed by atoms with Gasteiger partial charge in [-0.05, 0) is 18.2 Å². The number of anilines is 1. The average molecular weight is 382 g/mol. The molecule has 0 radical (unpaired) electrons. The Hall–Kier alpha value is -2.16. The maximum atomic E-state index is 12.8. The van der Waals surface area contributed by atoms with Crippen molar-refractivity contribution in [2.75, 3.05) is 31.1 Å². The lowest BCUT2D eigenvalue weighted by Crippen LogP contribution is -2.48. The molecule has 0 saturated carbocycles. The van der Waals surface area contributed by atoms with E-state index >= 15 is 0 Å². The first kappa shape index (κ1) is 17.7. The molecule has 25 heavy (non-hydrogen) atoms. The third kappa shape index (κ3) is 3.60. The Bertz CT molecular complexity index is 882. The molecule has 0 aromatic heterocycles. The van der Waals surface area contributed by atoms with Crippen LogP contribution < -0.4 is 4.90 Å². The second-order valence-corrected chi connectivity index (χ2v) is 7.91. The molecule has 3 rings (SSSR count). The van der Waals surface area contributed by atoms with Crippen molar-refractivity contribution in [3.63, 3.8) is 0 Å². The van der Waals surface area contributed by atoms with Crippen LogP contribution in [0.2, 0.25) is 5.02 Å². The van der Waals surface area contributed by atoms with Gasteiger partial charge in [0.25, 0.3) is 5.69 Å². The first-order valence-electron chi connectivity index (χ1n) is 7.64. The molecule has 1 heterocycles. The number of benzene rings is 2. The molecule has 0 atom stereocenters. The summed E-state index contributed by atoms with van der Waals surface area (Å²) in [5.74, 6) is 0. The molecule has 0 spiro atoms. The zero-order chi connectivity index (χ0) is 18.0. The van der Waals surface area contributed by atoms with Gasteiger partial charge in [-0.1, -0.05) is 29.8 Å². The van der Waals surface area contributed by atoms with Gasteiger partial charge < -0.3 is 4.90 Å². The first-order valence-corrected chi connectivity index (χ1v) is 9.45. The first-order chi connectivity index (χ1) is 11.9. The molecular formula is C16H16ClN3O4S. The van der Waals surface area contributed by atoms with Crippen molar-refractivity contribution in [1.82, 2.24) is 4.31 Å². The highest BCUT2D eigenvalue weighted by atomic mass is 35.5. The van der Waals surface area contributed by atoms with Gasteiger partial charge in [-0.3, -0.25) is 10.1 Å². The van der Waals surface area contributed by atoms with Gasteiger partial charge in [0.05, 0.1) is 9.95 Å². The van der Waals surface area contributed by atoms with Crippen molar-refractivity contribution < 1.29 is 13.3 Å². The smallest absolute Gasteiger partial charge is 0.270 e. The van der Waals surface area contributed by atoms with Gasteiger partial charge in [0.15, 0.2) is 0 Å². The lowest BCUT2D eigenvalue weighted by Gasteiger charge is -2.35. The highest BCUT2D eigenvalue weighted by Crippen LogP contribution is 2.29. The second-order valence-electron chi connectivity index (χ2n) is 5.60. The van der Waals surface area contributed by atoms with Crippen molar-refractivity contribution in [3.05, 3.63) is 63.7 Å². The number of para-hydroxylation sites is 1. The molecule has 0 unspecified atom stereocenters. The minimum absolute atomic E-state index is 0.0175. The number of sulfonamides is 1. The molecule has 0 N–H and O–H groups in total. The van der Waals surface area contributed by atoms with Gasteiger partial charge in [0, 0.05) is 44.0 Å². The summed E-state index contributed by atoms with van der Waals surface area (Å²) in [6.45, 7) is 1.65. The number of halogens is 1. The monoisotopic (exact) mass is 381 g/mol. The topological polar surface area (TPSA) is 83.8 Å². The zero-order valence-corrected chi connectivity index (χ0v) is 14.8. The third-order valence-electron chi connectivity index (χ3n) is 4.10. The highest BCUT2D eigenvalue weighted by molar-refractivity contribution is 7.89. The molecule has 2 aromatic carbocycles. The minimum Gasteiger partial charge on any atom is -0.369 e. The molecule has 0 aliphatic carbocycles. The van der Waals surface area contributed by atoms with Crippen molar-refractivity contribution in [3.8, 4) is 0 Å². The van der Waals surface area contributed by atoms with Crippen molar-refractivity contribution >= 4 is 33.0 Å². The van der Waals surface area contributed by atoms with Gasteiger partial charge >= 0.3 is 0 Å². The van der Waals surface area contributed by atoms with E-state index in [9.17, 15) is 18.5 Å². The van der Waals surface area contributed by atoms with E-state index in [0.717, 1.165) is 11.8 Å². The molecule has 2 aromatic rings. The third-order valence-corrected chi connectivity index (χ3v) is 6.48. The van der Waals surface area contributed by atoms with Gasteiger partial charge in [-0.15, -0.1) is 0 Å². The molecule has 9 heteroatoms. The van der Waals surface area contributed by atoms with Crippen LogP contribution in [0.25, 0.3) is 0 Å². The molecule has 0 bridgehead atoms. The van der Waals surface area contributed by atoms with E-state index in [0.29, 0.717) is 13.1 Å². The average Bonchev–Trinajstić information content (AvgIpc) is 2.62. The van der Waals surface area contributed by atoms with Crippen molar-refractivity contribution in [1.29, 1.82) is 0 Å². The Morgan fingerprint density at radius 2 is 1.64 bits per heavy atom. The van der Waals surface area contributed by atoms with E-state index < -0.39 is 14.9 Å². The highest BCUT2D eigenvalue weighted by Gasteiger charge is 2.31. The van der Waals surface area contributed by atoms with Crippen LogP contribution in [0, 0.1) is 10.1 Å². The number of nitro groups is 1. The van der Waals surface area contributed by atoms with Crippen molar-refractivity contribution in [2.24, 2.45) is 0 Å². The van der Waals surface area contributed by atoms with Gasteiger partial charge in [0.2, 0.25) is 10.0 Å². The van der Waals surface area contributed by atoms with Crippen LogP contribution >= 0.6 is 11.6 Å². The predicted octanol–water partition coefficient (Wildman–Crippen LogP) is 2.76. The van der Waals surface area contributed by atoms with Crippen LogP contribution in [0.15, 0.2) is 53.4 Å². The summed E-state index contributed by atoms with van der Waals surface area (Å²) in [7, 11) is -3.88. The van der Waals surface area contributed by atoms with Gasteiger partial charge in [-0.2, -0.15) is 4.31 Å². The fraction of sp³-hybridized carbons (Fsp3) is 0.250. The summed E-state index contributed by atoms with van der Waals surface area (Å²) in [4.78, 5) is 12.2. The largest absolute Gasteiger partial charge is 0.369 e. The van der Waals surface area contributed by atoms with E-state index in [1.807, 2.05) is 30.3 Å². The van der Waals surface area contributed by atoms with Crippen LogP contribution in [0.1, 0.15) is 0 Å². The standard InChI is InChI=1S/C16H16ClN3O4S/c17-15-7-6-14(20(21)22)12-16(15)25(23,24)19-10-8-18(9-11-19)13-4-2-1-3-5-13/h1-7,12H,8-11H2. The number of hydrogen-bond acceptors (Lipinski definition) is 5. The molecule has 1 fully saturated rings. The van der Waals surface area contributed by atoms with Gasteiger partial charge in [-0.25, -0.2) is 8.42 Å². The van der Waals surface area contributed by atoms with E-state index in [2.05, 4.69) is 4.90 Å². The molecule has 1 saturated heterocycles. The summed E-state index contributed by atoms with van der Waals surface area (Å²) in [5.41, 5.74) is 0.735. The summed E-state index contributed by atoms with van der Waals surface area (Å²) in [5, 5.41) is 10.9. The Morgan fingerprint density at radius 3 is 2.24 bits per heavy atom. The summed E-state index contributed by atoms with van der Waals surface area (Å²) >= 11 is 5.99. The van der Waals surface area contributed by atoms with E-state index in [1.54, 1.807) is 0 Å². The van der Waals surface area contributed by atoms with Crippen LogP contribution in [0.3, 0.4) is 0 Å². The lowest BCUT2D eigenvalue weighted by atomic mass is 10.2. The lowest BCUT2D eigenvalue weighted by molar-refractivity contribution is -0.385. The molecule has 1 aliphatic heterocycles. The van der Waals surface area contributed by atoms with Crippen LogP contribution in [-0.2, 0) is 10.0 Å². The van der Waals surface area contributed by atoms with E-state index in [-0.39, 0.29) is 28.7 Å². The Kier molecular flexibility index (Phi) is 4.94. The van der Waals surface area contributed by atoms with E-state index in [1.165, 1.54) is 16.4 Å².